The van der Waals surface area contributed by atoms with E-state index in [0.29, 0.717) is 17.9 Å². The van der Waals surface area contributed by atoms with Gasteiger partial charge in [-0.05, 0) is 48.6 Å². The largest absolute Gasteiger partial charge is 0.497 e. The standard InChI is InChI=1S/C20H21N3O3/c1-14(5-6-15-7-9-17(25-2)10-8-15)12-18(24)20-23-22-19(26-20)16-4-3-11-21-13-16/h3-4,7-11,13-14H,5-6,12H2,1-2H3. The molecule has 6 heteroatoms. The van der Waals surface area contributed by atoms with Crippen LogP contribution in [0.5, 0.6) is 5.75 Å². The first-order valence-electron chi connectivity index (χ1n) is 8.55. The molecule has 1 atom stereocenters. The highest BCUT2D eigenvalue weighted by molar-refractivity contribution is 5.91. The molecular weight excluding hydrogens is 330 g/mol. The topological polar surface area (TPSA) is 78.1 Å². The fourth-order valence-corrected chi connectivity index (χ4v) is 2.65. The molecule has 3 rings (SSSR count). The van der Waals surface area contributed by atoms with Crippen molar-refractivity contribution in [3.63, 3.8) is 0 Å². The zero-order valence-corrected chi connectivity index (χ0v) is 14.9. The van der Waals surface area contributed by atoms with Gasteiger partial charge < -0.3 is 9.15 Å². The van der Waals surface area contributed by atoms with Gasteiger partial charge in [0.15, 0.2) is 0 Å². The summed E-state index contributed by atoms with van der Waals surface area (Å²) in [5, 5.41) is 7.81. The van der Waals surface area contributed by atoms with Gasteiger partial charge in [0.1, 0.15) is 5.75 Å². The van der Waals surface area contributed by atoms with Gasteiger partial charge in [0, 0.05) is 18.8 Å². The van der Waals surface area contributed by atoms with Crippen molar-refractivity contribution >= 4 is 5.78 Å². The maximum absolute atomic E-state index is 12.4. The molecule has 0 aliphatic rings. The van der Waals surface area contributed by atoms with Gasteiger partial charge in [0.25, 0.3) is 5.89 Å². The maximum Gasteiger partial charge on any atom is 0.284 e. The van der Waals surface area contributed by atoms with Crippen molar-refractivity contribution < 1.29 is 13.9 Å². The number of methoxy groups -OCH3 is 1. The third kappa shape index (κ3) is 4.53. The lowest BCUT2D eigenvalue weighted by atomic mass is 9.96. The number of hydrogen-bond donors (Lipinski definition) is 0. The van der Waals surface area contributed by atoms with Crippen molar-refractivity contribution in [3.05, 3.63) is 60.2 Å². The van der Waals surface area contributed by atoms with E-state index in [0.717, 1.165) is 18.6 Å². The van der Waals surface area contributed by atoms with Gasteiger partial charge in [-0.1, -0.05) is 19.1 Å². The molecule has 0 radical (unpaired) electrons. The Morgan fingerprint density at radius 2 is 2.00 bits per heavy atom. The molecule has 6 nitrogen and oxygen atoms in total. The van der Waals surface area contributed by atoms with Crippen molar-refractivity contribution in [1.82, 2.24) is 15.2 Å². The van der Waals surface area contributed by atoms with Crippen LogP contribution in [0.1, 0.15) is 36.0 Å². The number of benzene rings is 1. The summed E-state index contributed by atoms with van der Waals surface area (Å²) in [6.07, 6.45) is 5.48. The van der Waals surface area contributed by atoms with Crippen LogP contribution < -0.4 is 4.74 Å². The number of aryl methyl sites for hydroxylation is 1. The number of carbonyl (C=O) groups is 1. The van der Waals surface area contributed by atoms with E-state index in [2.05, 4.69) is 22.1 Å². The van der Waals surface area contributed by atoms with Crippen LogP contribution in [0.25, 0.3) is 11.5 Å². The second-order valence-electron chi connectivity index (χ2n) is 6.27. The Morgan fingerprint density at radius 3 is 2.69 bits per heavy atom. The maximum atomic E-state index is 12.4. The van der Waals surface area contributed by atoms with Gasteiger partial charge in [-0.3, -0.25) is 9.78 Å². The number of carbonyl (C=O) groups excluding carboxylic acids is 1. The van der Waals surface area contributed by atoms with Gasteiger partial charge >= 0.3 is 0 Å². The van der Waals surface area contributed by atoms with Crippen LogP contribution >= 0.6 is 0 Å². The molecule has 0 spiro atoms. The predicted octanol–water partition coefficient (Wildman–Crippen LogP) is 3.98. The van der Waals surface area contributed by atoms with Gasteiger partial charge in [0.05, 0.1) is 12.7 Å². The Bertz CT molecular complexity index is 844. The molecule has 0 amide bonds. The van der Waals surface area contributed by atoms with E-state index in [1.807, 2.05) is 30.3 Å². The van der Waals surface area contributed by atoms with Crippen LogP contribution in [0.15, 0.2) is 53.2 Å². The van der Waals surface area contributed by atoms with Crippen molar-refractivity contribution in [1.29, 1.82) is 0 Å². The number of aromatic nitrogens is 3. The molecule has 26 heavy (non-hydrogen) atoms. The van der Waals surface area contributed by atoms with Crippen LogP contribution in [0.3, 0.4) is 0 Å². The molecule has 0 fully saturated rings. The molecule has 0 aliphatic heterocycles. The first-order valence-corrected chi connectivity index (χ1v) is 8.55. The lowest BCUT2D eigenvalue weighted by molar-refractivity contribution is 0.0929. The van der Waals surface area contributed by atoms with E-state index in [4.69, 9.17) is 9.15 Å². The van der Waals surface area contributed by atoms with Gasteiger partial charge in [-0.2, -0.15) is 0 Å². The molecular formula is C20H21N3O3. The third-order valence-electron chi connectivity index (χ3n) is 4.19. The van der Waals surface area contributed by atoms with Crippen LogP contribution in [0.4, 0.5) is 0 Å². The molecule has 1 aromatic carbocycles. The van der Waals surface area contributed by atoms with E-state index in [1.165, 1.54) is 5.56 Å². The van der Waals surface area contributed by atoms with Crippen LogP contribution in [-0.4, -0.2) is 28.1 Å². The van der Waals surface area contributed by atoms with Crippen molar-refractivity contribution in [3.8, 4) is 17.2 Å². The number of rotatable bonds is 8. The minimum absolute atomic E-state index is 0.0557. The number of pyridine rings is 1. The Hall–Kier alpha value is -3.02. The third-order valence-corrected chi connectivity index (χ3v) is 4.19. The second kappa shape index (κ2) is 8.38. The Balaban J connectivity index is 1.53. The SMILES string of the molecule is COc1ccc(CCC(C)CC(=O)c2nnc(-c3cccnc3)o2)cc1. The zero-order chi connectivity index (χ0) is 18.4. The molecule has 2 aromatic heterocycles. The second-order valence-corrected chi connectivity index (χ2v) is 6.27. The molecule has 0 N–H and O–H groups in total. The fraction of sp³-hybridized carbons (Fsp3) is 0.300. The summed E-state index contributed by atoms with van der Waals surface area (Å²) < 4.78 is 10.7. The minimum atomic E-state index is -0.130. The van der Waals surface area contributed by atoms with E-state index in [1.54, 1.807) is 25.6 Å². The highest BCUT2D eigenvalue weighted by Gasteiger charge is 2.18. The monoisotopic (exact) mass is 351 g/mol. The van der Waals surface area contributed by atoms with Crippen LogP contribution in [-0.2, 0) is 6.42 Å². The van der Waals surface area contributed by atoms with E-state index in [9.17, 15) is 4.79 Å². The smallest absolute Gasteiger partial charge is 0.284 e. The lowest BCUT2D eigenvalue weighted by Crippen LogP contribution is -2.07. The average molecular weight is 351 g/mol. The van der Waals surface area contributed by atoms with Gasteiger partial charge in [0.2, 0.25) is 11.7 Å². The Morgan fingerprint density at radius 1 is 1.19 bits per heavy atom. The van der Waals surface area contributed by atoms with E-state index in [-0.39, 0.29) is 17.6 Å². The van der Waals surface area contributed by atoms with E-state index < -0.39 is 0 Å². The summed E-state index contributed by atoms with van der Waals surface area (Å²) in [6.45, 7) is 2.06. The number of hydrogen-bond acceptors (Lipinski definition) is 6. The number of ketones is 1. The molecule has 0 aliphatic carbocycles. The van der Waals surface area contributed by atoms with Crippen LogP contribution in [0, 0.1) is 5.92 Å². The number of ether oxygens (including phenoxy) is 1. The first kappa shape index (κ1) is 17.8. The molecule has 3 aromatic rings. The molecule has 0 bridgehead atoms. The zero-order valence-electron chi connectivity index (χ0n) is 14.9. The van der Waals surface area contributed by atoms with Gasteiger partial charge in [-0.15, -0.1) is 10.2 Å². The van der Waals surface area contributed by atoms with Crippen molar-refractivity contribution in [2.45, 2.75) is 26.2 Å². The Kier molecular flexibility index (Phi) is 5.73. The minimum Gasteiger partial charge on any atom is -0.497 e. The Labute approximate surface area is 152 Å². The van der Waals surface area contributed by atoms with Crippen molar-refractivity contribution in [2.75, 3.05) is 7.11 Å². The molecule has 134 valence electrons. The number of Topliss-reactive ketones (excluding diaryl/α,β-unsaturated/α-hetero) is 1. The highest BCUT2D eigenvalue weighted by Crippen LogP contribution is 2.20. The van der Waals surface area contributed by atoms with Crippen LogP contribution in [0.2, 0.25) is 0 Å². The van der Waals surface area contributed by atoms with E-state index >= 15 is 0 Å². The summed E-state index contributed by atoms with van der Waals surface area (Å²) >= 11 is 0. The van der Waals surface area contributed by atoms with Gasteiger partial charge in [-0.25, -0.2) is 0 Å². The van der Waals surface area contributed by atoms with Crippen molar-refractivity contribution in [2.24, 2.45) is 5.92 Å². The quantitative estimate of drug-likeness (QED) is 0.571. The summed E-state index contributed by atoms with van der Waals surface area (Å²) in [6, 6.07) is 11.6. The summed E-state index contributed by atoms with van der Waals surface area (Å²) in [7, 11) is 1.65. The molecule has 1 unspecified atom stereocenters. The first-order chi connectivity index (χ1) is 12.7. The lowest BCUT2D eigenvalue weighted by Gasteiger charge is -2.09. The summed E-state index contributed by atoms with van der Waals surface area (Å²) in [5.41, 5.74) is 1.92. The summed E-state index contributed by atoms with van der Waals surface area (Å²) in [5.74, 6) is 1.30. The number of nitrogens with zero attached hydrogens (tertiary/aromatic N) is 3. The molecule has 0 saturated heterocycles. The normalized spacial score (nSPS) is 11.9. The molecule has 2 heterocycles. The highest BCUT2D eigenvalue weighted by atomic mass is 16.5. The average Bonchev–Trinajstić information content (AvgIpc) is 3.18. The fourth-order valence-electron chi connectivity index (χ4n) is 2.65. The predicted molar refractivity (Wildman–Crippen MR) is 97.0 cm³/mol. The molecule has 0 saturated carbocycles. The summed E-state index contributed by atoms with van der Waals surface area (Å²) in [4.78, 5) is 16.4.